The van der Waals surface area contributed by atoms with Crippen LogP contribution in [0, 0.1) is 5.41 Å². The molecule has 2 heterocycles. The monoisotopic (exact) mass is 268 g/mol. The lowest BCUT2D eigenvalue weighted by molar-refractivity contribution is 0.0512. The third-order valence-electron chi connectivity index (χ3n) is 3.52. The third-order valence-corrected chi connectivity index (χ3v) is 4.21. The highest BCUT2D eigenvalue weighted by Crippen LogP contribution is 2.28. The summed E-state index contributed by atoms with van der Waals surface area (Å²) in [5.74, 6) is 0.0188. The van der Waals surface area contributed by atoms with Crippen molar-refractivity contribution >= 4 is 17.2 Å². The zero-order chi connectivity index (χ0) is 12.8. The quantitative estimate of drug-likeness (QED) is 0.851. The maximum Gasteiger partial charge on any atom is 0.252 e. The van der Waals surface area contributed by atoms with Gasteiger partial charge in [-0.05, 0) is 37.4 Å². The van der Waals surface area contributed by atoms with Gasteiger partial charge in [-0.3, -0.25) is 4.79 Å². The number of amides is 1. The standard InChI is InChI=1S/C13H20N2O2S/c1-17-10-13(3-5-14-6-4-13)9-15-12(16)11-2-7-18-8-11/h2,7-8,14H,3-6,9-10H2,1H3,(H,15,16). The van der Waals surface area contributed by atoms with Gasteiger partial charge in [-0.1, -0.05) is 0 Å². The molecule has 4 nitrogen and oxygen atoms in total. The average molecular weight is 268 g/mol. The van der Waals surface area contributed by atoms with Crippen LogP contribution in [-0.2, 0) is 4.74 Å². The highest BCUT2D eigenvalue weighted by Gasteiger charge is 2.32. The zero-order valence-corrected chi connectivity index (χ0v) is 11.5. The van der Waals surface area contributed by atoms with Gasteiger partial charge in [0.1, 0.15) is 0 Å². The Balaban J connectivity index is 1.91. The van der Waals surface area contributed by atoms with Crippen LogP contribution in [0.4, 0.5) is 0 Å². The van der Waals surface area contributed by atoms with Gasteiger partial charge >= 0.3 is 0 Å². The molecule has 0 spiro atoms. The van der Waals surface area contributed by atoms with Crippen LogP contribution in [0.25, 0.3) is 0 Å². The molecule has 1 aromatic heterocycles. The molecule has 0 atom stereocenters. The van der Waals surface area contributed by atoms with Gasteiger partial charge in [-0.25, -0.2) is 0 Å². The van der Waals surface area contributed by atoms with Gasteiger partial charge < -0.3 is 15.4 Å². The van der Waals surface area contributed by atoms with Crippen LogP contribution in [0.2, 0.25) is 0 Å². The minimum Gasteiger partial charge on any atom is -0.384 e. The molecule has 1 aliphatic rings. The first-order valence-electron chi connectivity index (χ1n) is 6.26. The third kappa shape index (κ3) is 3.31. The molecule has 100 valence electrons. The number of nitrogens with one attached hydrogen (secondary N) is 2. The summed E-state index contributed by atoms with van der Waals surface area (Å²) in [4.78, 5) is 11.9. The zero-order valence-electron chi connectivity index (χ0n) is 10.7. The van der Waals surface area contributed by atoms with E-state index in [9.17, 15) is 4.79 Å². The Kier molecular flexibility index (Phi) is 4.74. The number of piperidine rings is 1. The molecule has 1 fully saturated rings. The Morgan fingerprint density at radius 3 is 2.94 bits per heavy atom. The van der Waals surface area contributed by atoms with E-state index in [0.717, 1.165) is 31.5 Å². The maximum atomic E-state index is 11.9. The van der Waals surface area contributed by atoms with Crippen LogP contribution in [-0.4, -0.2) is 39.3 Å². The number of hydrogen-bond donors (Lipinski definition) is 2. The van der Waals surface area contributed by atoms with Crippen LogP contribution in [0.1, 0.15) is 23.2 Å². The lowest BCUT2D eigenvalue weighted by Gasteiger charge is -2.37. The fraction of sp³-hybridized carbons (Fsp3) is 0.615. The van der Waals surface area contributed by atoms with E-state index in [4.69, 9.17) is 4.74 Å². The van der Waals surface area contributed by atoms with Crippen molar-refractivity contribution in [2.45, 2.75) is 12.8 Å². The summed E-state index contributed by atoms with van der Waals surface area (Å²) in [6.45, 7) is 3.39. The molecule has 1 aliphatic heterocycles. The smallest absolute Gasteiger partial charge is 0.252 e. The summed E-state index contributed by atoms with van der Waals surface area (Å²) in [5, 5.41) is 10.2. The van der Waals surface area contributed by atoms with Crippen molar-refractivity contribution in [3.05, 3.63) is 22.4 Å². The average Bonchev–Trinajstić information content (AvgIpc) is 2.91. The second-order valence-electron chi connectivity index (χ2n) is 4.88. The Hall–Kier alpha value is -0.910. The van der Waals surface area contributed by atoms with Crippen molar-refractivity contribution in [3.63, 3.8) is 0 Å². The molecular weight excluding hydrogens is 248 g/mol. The first-order chi connectivity index (χ1) is 8.76. The van der Waals surface area contributed by atoms with Gasteiger partial charge in [0.2, 0.25) is 0 Å². The van der Waals surface area contributed by atoms with E-state index in [1.807, 2.05) is 16.8 Å². The number of methoxy groups -OCH3 is 1. The maximum absolute atomic E-state index is 11.9. The lowest BCUT2D eigenvalue weighted by Crippen LogP contribution is -2.47. The largest absolute Gasteiger partial charge is 0.384 e. The number of ether oxygens (including phenoxy) is 1. The summed E-state index contributed by atoms with van der Waals surface area (Å²) < 4.78 is 5.33. The topological polar surface area (TPSA) is 50.4 Å². The van der Waals surface area contributed by atoms with Gasteiger partial charge in [0.25, 0.3) is 5.91 Å². The van der Waals surface area contributed by atoms with Crippen LogP contribution in [0.5, 0.6) is 0 Å². The summed E-state index contributed by atoms with van der Waals surface area (Å²) in [6.07, 6.45) is 2.09. The molecular formula is C13H20N2O2S. The Labute approximate surface area is 112 Å². The molecule has 0 saturated carbocycles. The lowest BCUT2D eigenvalue weighted by atomic mass is 9.79. The van der Waals surface area contributed by atoms with Crippen molar-refractivity contribution < 1.29 is 9.53 Å². The fourth-order valence-electron chi connectivity index (χ4n) is 2.40. The molecule has 1 aromatic rings. The number of carbonyl (C=O) groups is 1. The van der Waals surface area contributed by atoms with Gasteiger partial charge in [-0.15, -0.1) is 0 Å². The van der Waals surface area contributed by atoms with Crippen LogP contribution >= 0.6 is 11.3 Å². The minimum absolute atomic E-state index is 0.0188. The molecule has 0 aliphatic carbocycles. The van der Waals surface area contributed by atoms with Gasteiger partial charge in [0.05, 0.1) is 6.61 Å². The first kappa shape index (κ1) is 13.5. The summed E-state index contributed by atoms with van der Waals surface area (Å²) in [7, 11) is 1.73. The molecule has 2 rings (SSSR count). The normalized spacial score (nSPS) is 18.5. The van der Waals surface area contributed by atoms with Crippen LogP contribution < -0.4 is 10.6 Å². The summed E-state index contributed by atoms with van der Waals surface area (Å²) in [5.41, 5.74) is 0.840. The molecule has 0 radical (unpaired) electrons. The second-order valence-corrected chi connectivity index (χ2v) is 5.66. The number of carbonyl (C=O) groups excluding carboxylic acids is 1. The number of rotatable bonds is 5. The highest BCUT2D eigenvalue weighted by atomic mass is 32.1. The summed E-state index contributed by atoms with van der Waals surface area (Å²) >= 11 is 1.54. The second kappa shape index (κ2) is 6.31. The Morgan fingerprint density at radius 1 is 1.56 bits per heavy atom. The predicted molar refractivity (Wildman–Crippen MR) is 73.1 cm³/mol. The van der Waals surface area contributed by atoms with E-state index in [1.165, 1.54) is 0 Å². The first-order valence-corrected chi connectivity index (χ1v) is 7.20. The molecule has 18 heavy (non-hydrogen) atoms. The Bertz CT molecular complexity index is 367. The van der Waals surface area contributed by atoms with E-state index >= 15 is 0 Å². The predicted octanol–water partition coefficient (Wildman–Crippen LogP) is 1.49. The molecule has 2 N–H and O–H groups in total. The SMILES string of the molecule is COCC1(CNC(=O)c2ccsc2)CCNCC1. The van der Waals surface area contributed by atoms with E-state index in [2.05, 4.69) is 10.6 Å². The van der Waals surface area contributed by atoms with Crippen LogP contribution in [0.3, 0.4) is 0 Å². The highest BCUT2D eigenvalue weighted by molar-refractivity contribution is 7.08. The number of hydrogen-bond acceptors (Lipinski definition) is 4. The van der Waals surface area contributed by atoms with Crippen molar-refractivity contribution in [1.82, 2.24) is 10.6 Å². The molecule has 1 amide bonds. The van der Waals surface area contributed by atoms with Crippen LogP contribution in [0.15, 0.2) is 16.8 Å². The molecule has 1 saturated heterocycles. The molecule has 0 aromatic carbocycles. The number of thiophene rings is 1. The van der Waals surface area contributed by atoms with E-state index < -0.39 is 0 Å². The van der Waals surface area contributed by atoms with Crippen molar-refractivity contribution in [2.24, 2.45) is 5.41 Å². The van der Waals surface area contributed by atoms with Crippen molar-refractivity contribution in [3.8, 4) is 0 Å². The Morgan fingerprint density at radius 2 is 2.33 bits per heavy atom. The van der Waals surface area contributed by atoms with Gasteiger partial charge in [-0.2, -0.15) is 11.3 Å². The summed E-state index contributed by atoms with van der Waals surface area (Å²) in [6, 6.07) is 1.85. The minimum atomic E-state index is 0.0188. The van der Waals surface area contributed by atoms with E-state index in [0.29, 0.717) is 13.2 Å². The van der Waals surface area contributed by atoms with Crippen molar-refractivity contribution in [1.29, 1.82) is 0 Å². The molecule has 5 heteroatoms. The molecule has 0 unspecified atom stereocenters. The van der Waals surface area contributed by atoms with Gasteiger partial charge in [0, 0.05) is 30.0 Å². The molecule has 0 bridgehead atoms. The van der Waals surface area contributed by atoms with E-state index in [1.54, 1.807) is 18.4 Å². The van der Waals surface area contributed by atoms with Crippen molar-refractivity contribution in [2.75, 3.05) is 33.4 Å². The fourth-order valence-corrected chi connectivity index (χ4v) is 3.03. The van der Waals surface area contributed by atoms with E-state index in [-0.39, 0.29) is 11.3 Å². The van der Waals surface area contributed by atoms with Gasteiger partial charge in [0.15, 0.2) is 0 Å².